The predicted octanol–water partition coefficient (Wildman–Crippen LogP) is 4.32. The molecular weight excluding hydrogens is 274 g/mol. The third kappa shape index (κ3) is 3.77. The average Bonchev–Trinajstić information content (AvgIpc) is 2.83. The average molecular weight is 287 g/mol. The molecule has 1 aliphatic carbocycles. The second-order valence-electron chi connectivity index (χ2n) is 4.41. The number of halogens is 3. The molecule has 0 bridgehead atoms. The molecule has 0 saturated heterocycles. The molecule has 19 heavy (non-hydrogen) atoms. The summed E-state index contributed by atoms with van der Waals surface area (Å²) in [5.41, 5.74) is 2.04. The van der Waals surface area contributed by atoms with Crippen LogP contribution in [0.15, 0.2) is 29.8 Å². The molecule has 102 valence electrons. The number of carbonyl (C=O) groups is 1. The molecule has 2 nitrogen and oxygen atoms in total. The normalized spacial score (nSPS) is 14.6. The Morgan fingerprint density at radius 3 is 2.79 bits per heavy atom. The van der Waals surface area contributed by atoms with Crippen LogP contribution in [0.3, 0.4) is 0 Å². The molecule has 0 spiro atoms. The number of benzene rings is 1. The van der Waals surface area contributed by atoms with Gasteiger partial charge >= 0.3 is 6.61 Å². The maximum atomic E-state index is 12.3. The van der Waals surface area contributed by atoms with Gasteiger partial charge in [-0.15, -0.1) is 0 Å². The monoisotopic (exact) mass is 286 g/mol. The van der Waals surface area contributed by atoms with Gasteiger partial charge in [0.15, 0.2) is 0 Å². The third-order valence-corrected chi connectivity index (χ3v) is 3.27. The van der Waals surface area contributed by atoms with Crippen molar-refractivity contribution in [2.75, 3.05) is 0 Å². The summed E-state index contributed by atoms with van der Waals surface area (Å²) in [6.45, 7) is -2.88. The van der Waals surface area contributed by atoms with Gasteiger partial charge in [0.2, 0.25) is 0 Å². The van der Waals surface area contributed by atoms with E-state index in [1.165, 1.54) is 23.8 Å². The van der Waals surface area contributed by atoms with Gasteiger partial charge in [0.25, 0.3) is 5.24 Å². The van der Waals surface area contributed by atoms with Crippen LogP contribution in [-0.2, 0) is 6.42 Å². The van der Waals surface area contributed by atoms with Crippen molar-refractivity contribution in [2.45, 2.75) is 32.3 Å². The second-order valence-corrected chi connectivity index (χ2v) is 4.75. The van der Waals surface area contributed by atoms with Gasteiger partial charge in [0, 0.05) is 5.56 Å². The number of carbonyl (C=O) groups excluding carboxylic acids is 1. The van der Waals surface area contributed by atoms with E-state index in [1.807, 2.05) is 0 Å². The maximum Gasteiger partial charge on any atom is 0.387 e. The summed E-state index contributed by atoms with van der Waals surface area (Å²) >= 11 is 5.41. The van der Waals surface area contributed by atoms with E-state index in [2.05, 4.69) is 10.8 Å². The van der Waals surface area contributed by atoms with Crippen LogP contribution >= 0.6 is 11.6 Å². The van der Waals surface area contributed by atoms with Crippen LogP contribution in [0.25, 0.3) is 0 Å². The Balaban J connectivity index is 2.28. The Bertz CT molecular complexity index is 512. The van der Waals surface area contributed by atoms with Crippen LogP contribution in [0, 0.1) is 0 Å². The summed E-state index contributed by atoms with van der Waals surface area (Å²) in [7, 11) is 0. The maximum absolute atomic E-state index is 12.3. The first-order valence-electron chi connectivity index (χ1n) is 6.01. The standard InChI is InChI=1S/C14H13ClF2O2/c15-13(18)10-5-6-12(19-14(16)17)11(8-10)7-9-3-1-2-4-9/h3,5-6,8,14H,1-2,4,7H2. The number of alkyl halides is 2. The van der Waals surface area contributed by atoms with Crippen molar-refractivity contribution in [2.24, 2.45) is 0 Å². The van der Waals surface area contributed by atoms with Gasteiger partial charge in [-0.25, -0.2) is 0 Å². The molecule has 0 aromatic heterocycles. The largest absolute Gasteiger partial charge is 0.435 e. The molecule has 0 fully saturated rings. The van der Waals surface area contributed by atoms with Crippen LogP contribution in [0.2, 0.25) is 0 Å². The zero-order valence-corrected chi connectivity index (χ0v) is 10.9. The lowest BCUT2D eigenvalue weighted by Gasteiger charge is -2.12. The van der Waals surface area contributed by atoms with Crippen LogP contribution < -0.4 is 4.74 Å². The van der Waals surface area contributed by atoms with Gasteiger partial charge in [-0.1, -0.05) is 11.6 Å². The summed E-state index contributed by atoms with van der Waals surface area (Å²) < 4.78 is 29.2. The van der Waals surface area contributed by atoms with E-state index >= 15 is 0 Å². The SMILES string of the molecule is O=C(Cl)c1ccc(OC(F)F)c(CC2=CCCC2)c1. The first-order valence-corrected chi connectivity index (χ1v) is 6.39. The van der Waals surface area contributed by atoms with E-state index in [0.29, 0.717) is 12.0 Å². The van der Waals surface area contributed by atoms with Crippen LogP contribution in [0.1, 0.15) is 35.2 Å². The summed E-state index contributed by atoms with van der Waals surface area (Å²) in [5.74, 6) is 0.101. The van der Waals surface area contributed by atoms with Crippen molar-refractivity contribution in [3.8, 4) is 5.75 Å². The number of allylic oxidation sites excluding steroid dienone is 2. The number of rotatable bonds is 5. The van der Waals surface area contributed by atoms with Crippen LogP contribution in [-0.4, -0.2) is 11.9 Å². The van der Waals surface area contributed by atoms with Crippen molar-refractivity contribution in [1.82, 2.24) is 0 Å². The van der Waals surface area contributed by atoms with E-state index in [9.17, 15) is 13.6 Å². The fraction of sp³-hybridized carbons (Fsp3) is 0.357. The lowest BCUT2D eigenvalue weighted by atomic mass is 10.0. The third-order valence-electron chi connectivity index (χ3n) is 3.06. The minimum Gasteiger partial charge on any atom is -0.435 e. The van der Waals surface area contributed by atoms with Gasteiger partial charge in [0.05, 0.1) is 0 Å². The number of hydrogen-bond donors (Lipinski definition) is 0. The minimum atomic E-state index is -2.88. The Hall–Kier alpha value is -1.42. The van der Waals surface area contributed by atoms with E-state index in [-0.39, 0.29) is 11.3 Å². The minimum absolute atomic E-state index is 0.101. The van der Waals surface area contributed by atoms with Gasteiger partial charge in [0.1, 0.15) is 5.75 Å². The van der Waals surface area contributed by atoms with Crippen molar-refractivity contribution in [1.29, 1.82) is 0 Å². The van der Waals surface area contributed by atoms with Crippen molar-refractivity contribution < 1.29 is 18.3 Å². The molecule has 0 aliphatic heterocycles. The Kier molecular flexibility index (Phi) is 4.53. The number of ether oxygens (including phenoxy) is 1. The zero-order chi connectivity index (χ0) is 13.8. The zero-order valence-electron chi connectivity index (χ0n) is 10.2. The lowest BCUT2D eigenvalue weighted by Crippen LogP contribution is -2.06. The van der Waals surface area contributed by atoms with Crippen molar-refractivity contribution >= 4 is 16.8 Å². The molecule has 1 aromatic rings. The van der Waals surface area contributed by atoms with Crippen molar-refractivity contribution in [3.05, 3.63) is 41.0 Å². The van der Waals surface area contributed by atoms with Crippen LogP contribution in [0.5, 0.6) is 5.75 Å². The molecule has 2 rings (SSSR count). The highest BCUT2D eigenvalue weighted by molar-refractivity contribution is 6.67. The molecule has 0 heterocycles. The molecule has 0 unspecified atom stereocenters. The fourth-order valence-electron chi connectivity index (χ4n) is 2.19. The van der Waals surface area contributed by atoms with E-state index < -0.39 is 11.9 Å². The predicted molar refractivity (Wildman–Crippen MR) is 68.9 cm³/mol. The van der Waals surface area contributed by atoms with E-state index in [4.69, 9.17) is 11.6 Å². The molecule has 0 atom stereocenters. The summed E-state index contributed by atoms with van der Waals surface area (Å²) in [5, 5.41) is -0.606. The smallest absolute Gasteiger partial charge is 0.387 e. The molecule has 0 amide bonds. The summed E-state index contributed by atoms with van der Waals surface area (Å²) in [6, 6.07) is 4.28. The van der Waals surface area contributed by atoms with Gasteiger partial charge < -0.3 is 4.74 Å². The highest BCUT2D eigenvalue weighted by Crippen LogP contribution is 2.29. The quantitative estimate of drug-likeness (QED) is 0.595. The molecule has 0 radical (unpaired) electrons. The first-order chi connectivity index (χ1) is 9.06. The summed E-state index contributed by atoms with van der Waals surface area (Å²) in [6.07, 6.45) is 5.65. The second kappa shape index (κ2) is 6.15. The Morgan fingerprint density at radius 1 is 1.42 bits per heavy atom. The highest BCUT2D eigenvalue weighted by atomic mass is 35.5. The Labute approximate surface area is 115 Å². The molecule has 0 saturated carbocycles. The molecule has 5 heteroatoms. The van der Waals surface area contributed by atoms with Crippen LogP contribution in [0.4, 0.5) is 8.78 Å². The molecular formula is C14H13ClF2O2. The molecule has 0 N–H and O–H groups in total. The van der Waals surface area contributed by atoms with E-state index in [1.54, 1.807) is 0 Å². The fourth-order valence-corrected chi connectivity index (χ4v) is 2.31. The molecule has 1 aromatic carbocycles. The van der Waals surface area contributed by atoms with Gasteiger partial charge in [-0.2, -0.15) is 8.78 Å². The number of hydrogen-bond acceptors (Lipinski definition) is 2. The first kappa shape index (κ1) is 14.0. The van der Waals surface area contributed by atoms with Crippen molar-refractivity contribution in [3.63, 3.8) is 0 Å². The molecule has 1 aliphatic rings. The Morgan fingerprint density at radius 2 is 2.21 bits per heavy atom. The van der Waals surface area contributed by atoms with Gasteiger partial charge in [-0.05, 0) is 61.0 Å². The highest BCUT2D eigenvalue weighted by Gasteiger charge is 2.15. The van der Waals surface area contributed by atoms with Gasteiger partial charge in [-0.3, -0.25) is 4.79 Å². The topological polar surface area (TPSA) is 26.3 Å². The summed E-state index contributed by atoms with van der Waals surface area (Å²) in [4.78, 5) is 11.1. The van der Waals surface area contributed by atoms with E-state index in [0.717, 1.165) is 19.3 Å². The lowest BCUT2D eigenvalue weighted by molar-refractivity contribution is -0.0504.